The van der Waals surface area contributed by atoms with E-state index in [4.69, 9.17) is 5.73 Å². The first-order valence-electron chi connectivity index (χ1n) is 10.4. The molecule has 5 nitrogen and oxygen atoms in total. The van der Waals surface area contributed by atoms with Crippen molar-refractivity contribution in [3.05, 3.63) is 103 Å². The predicted molar refractivity (Wildman–Crippen MR) is 130 cm³/mol. The molecule has 32 heavy (non-hydrogen) atoms. The molecule has 0 saturated heterocycles. The van der Waals surface area contributed by atoms with Crippen LogP contribution in [0.15, 0.2) is 86.0 Å². The molecule has 0 aliphatic carbocycles. The normalized spacial score (nSPS) is 11.5. The Balaban J connectivity index is 1.97. The smallest absolute Gasteiger partial charge is 0.241 e. The number of anilines is 1. The van der Waals surface area contributed by atoms with Crippen molar-refractivity contribution in [2.45, 2.75) is 25.3 Å². The van der Waals surface area contributed by atoms with Gasteiger partial charge in [-0.25, -0.2) is 0 Å². The number of carbonyl (C=O) groups is 1. The van der Waals surface area contributed by atoms with E-state index in [0.717, 1.165) is 16.7 Å². The quantitative estimate of drug-likeness (QED) is 0.293. The minimum absolute atomic E-state index is 0.0537. The van der Waals surface area contributed by atoms with Gasteiger partial charge in [0, 0.05) is 11.1 Å². The Bertz CT molecular complexity index is 1120. The maximum atomic E-state index is 12.8. The maximum Gasteiger partial charge on any atom is 0.241 e. The minimum atomic E-state index is -0.848. The van der Waals surface area contributed by atoms with Gasteiger partial charge in [-0.3, -0.25) is 4.79 Å². The van der Waals surface area contributed by atoms with Crippen molar-refractivity contribution in [1.29, 1.82) is 0 Å². The number of aromatic hydroxyl groups is 2. The Morgan fingerprint density at radius 1 is 0.938 bits per heavy atom. The highest BCUT2D eigenvalue weighted by molar-refractivity contribution is 5.99. The molecule has 3 aromatic carbocycles. The Hall–Kier alpha value is -3.83. The molecule has 5 heteroatoms. The summed E-state index contributed by atoms with van der Waals surface area (Å²) in [4.78, 5) is 12.8. The van der Waals surface area contributed by atoms with E-state index in [2.05, 4.69) is 18.5 Å². The highest BCUT2D eigenvalue weighted by Gasteiger charge is 2.22. The van der Waals surface area contributed by atoms with Gasteiger partial charge in [-0.1, -0.05) is 66.7 Å². The zero-order valence-corrected chi connectivity index (χ0v) is 17.9. The van der Waals surface area contributed by atoms with Crippen LogP contribution in [-0.4, -0.2) is 22.2 Å². The fourth-order valence-electron chi connectivity index (χ4n) is 3.58. The van der Waals surface area contributed by atoms with Crippen LogP contribution in [0.2, 0.25) is 0 Å². The van der Waals surface area contributed by atoms with E-state index in [1.807, 2.05) is 54.6 Å². The van der Waals surface area contributed by atoms with Crippen molar-refractivity contribution in [2.24, 2.45) is 5.73 Å². The van der Waals surface area contributed by atoms with Crippen LogP contribution in [0.4, 0.5) is 5.69 Å². The molecule has 0 aromatic heterocycles. The van der Waals surface area contributed by atoms with Crippen molar-refractivity contribution in [2.75, 3.05) is 5.32 Å². The van der Waals surface area contributed by atoms with Gasteiger partial charge in [-0.15, -0.1) is 13.2 Å². The highest BCUT2D eigenvalue weighted by Crippen LogP contribution is 2.44. The van der Waals surface area contributed by atoms with Crippen LogP contribution in [0, 0.1) is 0 Å². The number of benzene rings is 3. The van der Waals surface area contributed by atoms with Crippen LogP contribution >= 0.6 is 0 Å². The number of hydrogen-bond acceptors (Lipinski definition) is 4. The molecule has 0 unspecified atom stereocenters. The molecule has 0 radical (unpaired) electrons. The van der Waals surface area contributed by atoms with Gasteiger partial charge in [0.25, 0.3) is 0 Å². The second-order valence-electron chi connectivity index (χ2n) is 7.63. The number of amides is 1. The molecule has 0 aliphatic rings. The highest BCUT2D eigenvalue weighted by atomic mass is 16.3. The number of nitrogens with one attached hydrogen (secondary N) is 1. The van der Waals surface area contributed by atoms with Gasteiger partial charge in [0.05, 0.1) is 6.04 Å². The first-order chi connectivity index (χ1) is 15.4. The number of phenolic OH excluding ortho intramolecular Hbond substituents is 2. The summed E-state index contributed by atoms with van der Waals surface area (Å²) >= 11 is 0. The summed E-state index contributed by atoms with van der Waals surface area (Å²) in [7, 11) is 0. The Labute approximate surface area is 188 Å². The van der Waals surface area contributed by atoms with E-state index < -0.39 is 11.9 Å². The summed E-state index contributed by atoms with van der Waals surface area (Å²) in [6, 6.07) is 18.0. The summed E-state index contributed by atoms with van der Waals surface area (Å²) < 4.78 is 0. The summed E-state index contributed by atoms with van der Waals surface area (Å²) in [6.45, 7) is 7.50. The number of hydrogen-bond donors (Lipinski definition) is 4. The Morgan fingerprint density at radius 2 is 1.62 bits per heavy atom. The zero-order valence-electron chi connectivity index (χ0n) is 17.9. The molecule has 0 saturated carbocycles. The van der Waals surface area contributed by atoms with E-state index in [0.29, 0.717) is 30.4 Å². The topological polar surface area (TPSA) is 95.6 Å². The number of carbonyl (C=O) groups excluding carboxylic acids is 1. The zero-order chi connectivity index (χ0) is 23.1. The SMILES string of the molecule is C=CCc1cccc(-c2cc(CC=C)c(O)c(NC(=O)[C@@H](N)Cc3ccccc3)c2O)c1. The van der Waals surface area contributed by atoms with Crippen molar-refractivity contribution in [3.8, 4) is 22.6 Å². The monoisotopic (exact) mass is 428 g/mol. The Kier molecular flexibility index (Phi) is 7.47. The van der Waals surface area contributed by atoms with Crippen LogP contribution in [0.3, 0.4) is 0 Å². The average molecular weight is 429 g/mol. The van der Waals surface area contributed by atoms with Gasteiger partial charge < -0.3 is 21.3 Å². The fraction of sp³-hybridized carbons (Fsp3) is 0.148. The number of rotatable bonds is 9. The molecule has 0 fully saturated rings. The fourth-order valence-corrected chi connectivity index (χ4v) is 3.58. The van der Waals surface area contributed by atoms with E-state index in [9.17, 15) is 15.0 Å². The van der Waals surface area contributed by atoms with Gasteiger partial charge in [-0.2, -0.15) is 0 Å². The van der Waals surface area contributed by atoms with Crippen LogP contribution < -0.4 is 11.1 Å². The van der Waals surface area contributed by atoms with Crippen molar-refractivity contribution in [1.82, 2.24) is 0 Å². The third kappa shape index (κ3) is 5.25. The lowest BCUT2D eigenvalue weighted by Gasteiger charge is -2.18. The van der Waals surface area contributed by atoms with E-state index in [-0.39, 0.29) is 17.2 Å². The van der Waals surface area contributed by atoms with Crippen molar-refractivity contribution in [3.63, 3.8) is 0 Å². The Morgan fingerprint density at radius 3 is 2.31 bits per heavy atom. The minimum Gasteiger partial charge on any atom is -0.505 e. The van der Waals surface area contributed by atoms with Gasteiger partial charge in [0.15, 0.2) is 5.75 Å². The molecule has 5 N–H and O–H groups in total. The number of allylic oxidation sites excluding steroid dienone is 2. The lowest BCUT2D eigenvalue weighted by Crippen LogP contribution is -2.37. The number of nitrogens with two attached hydrogens (primary N) is 1. The third-order valence-corrected chi connectivity index (χ3v) is 5.22. The molecule has 0 aliphatic heterocycles. The van der Waals surface area contributed by atoms with Crippen LogP contribution in [0.25, 0.3) is 11.1 Å². The maximum absolute atomic E-state index is 12.8. The summed E-state index contributed by atoms with van der Waals surface area (Å²) in [5.74, 6) is -0.915. The lowest BCUT2D eigenvalue weighted by molar-refractivity contribution is -0.117. The summed E-state index contributed by atoms with van der Waals surface area (Å²) in [5, 5.41) is 24.4. The third-order valence-electron chi connectivity index (χ3n) is 5.22. The second-order valence-corrected chi connectivity index (χ2v) is 7.63. The summed E-state index contributed by atoms with van der Waals surface area (Å²) in [6.07, 6.45) is 4.83. The molecule has 0 bridgehead atoms. The van der Waals surface area contributed by atoms with Crippen molar-refractivity contribution < 1.29 is 15.0 Å². The second kappa shape index (κ2) is 10.5. The molecule has 0 heterocycles. The summed E-state index contributed by atoms with van der Waals surface area (Å²) in [5.41, 5.74) is 9.79. The van der Waals surface area contributed by atoms with Gasteiger partial charge in [0.1, 0.15) is 11.4 Å². The molecular weight excluding hydrogens is 400 g/mol. The van der Waals surface area contributed by atoms with E-state index >= 15 is 0 Å². The molecule has 3 aromatic rings. The molecule has 3 rings (SSSR count). The lowest BCUT2D eigenvalue weighted by atomic mass is 9.96. The molecular formula is C27H28N2O3. The predicted octanol–water partition coefficient (Wildman–Crippen LogP) is 4.73. The molecule has 1 amide bonds. The standard InChI is InChI=1S/C27H28N2O3/c1-3-9-18-13-8-14-20(15-18)22-17-21(10-4-2)25(30)24(26(22)31)29-27(32)23(28)16-19-11-6-5-7-12-19/h3-8,11-15,17,23,30-31H,1-2,9-10,16,28H2,(H,29,32)/t23-/m0/s1. The van der Waals surface area contributed by atoms with Gasteiger partial charge in [0.2, 0.25) is 5.91 Å². The van der Waals surface area contributed by atoms with E-state index in [1.165, 1.54) is 0 Å². The number of phenols is 2. The van der Waals surface area contributed by atoms with Gasteiger partial charge >= 0.3 is 0 Å². The largest absolute Gasteiger partial charge is 0.505 e. The first kappa shape index (κ1) is 22.8. The first-order valence-corrected chi connectivity index (χ1v) is 10.4. The van der Waals surface area contributed by atoms with Gasteiger partial charge in [-0.05, 0) is 42.0 Å². The van der Waals surface area contributed by atoms with Crippen LogP contribution in [0.1, 0.15) is 16.7 Å². The van der Waals surface area contributed by atoms with Crippen molar-refractivity contribution >= 4 is 11.6 Å². The molecule has 164 valence electrons. The molecule has 0 spiro atoms. The van der Waals surface area contributed by atoms with E-state index in [1.54, 1.807) is 18.2 Å². The average Bonchev–Trinajstić information content (AvgIpc) is 2.79. The molecule has 1 atom stereocenters. The van der Waals surface area contributed by atoms with Crippen LogP contribution in [-0.2, 0) is 24.1 Å². The van der Waals surface area contributed by atoms with Crippen LogP contribution in [0.5, 0.6) is 11.5 Å².